The van der Waals surface area contributed by atoms with Crippen molar-refractivity contribution < 1.29 is 9.90 Å². The van der Waals surface area contributed by atoms with E-state index in [2.05, 4.69) is 6.07 Å². The third-order valence-corrected chi connectivity index (χ3v) is 3.22. The Morgan fingerprint density at radius 3 is 2.45 bits per heavy atom. The van der Waals surface area contributed by atoms with Crippen molar-refractivity contribution in [3.63, 3.8) is 0 Å². The van der Waals surface area contributed by atoms with Gasteiger partial charge in [0.1, 0.15) is 0 Å². The fourth-order valence-corrected chi connectivity index (χ4v) is 2.21. The Hall–Kier alpha value is -2.60. The number of nitriles is 1. The number of carboxylic acids is 1. The number of benzene rings is 2. The van der Waals surface area contributed by atoms with Gasteiger partial charge in [-0.2, -0.15) is 5.26 Å². The van der Waals surface area contributed by atoms with E-state index in [-0.39, 0.29) is 0 Å². The second kappa shape index (κ2) is 6.53. The van der Waals surface area contributed by atoms with E-state index in [9.17, 15) is 9.90 Å². The second-order valence-electron chi connectivity index (χ2n) is 4.66. The summed E-state index contributed by atoms with van der Waals surface area (Å²) in [5.41, 5.74) is 2.59. The molecule has 0 saturated carbocycles. The highest BCUT2D eigenvalue weighted by Gasteiger charge is 2.20. The molecule has 0 spiro atoms. The molecule has 1 N–H and O–H groups in total. The third kappa shape index (κ3) is 3.46. The molecule has 3 heteroatoms. The van der Waals surface area contributed by atoms with Crippen molar-refractivity contribution in [3.05, 3.63) is 71.3 Å². The Morgan fingerprint density at radius 2 is 1.80 bits per heavy atom. The minimum absolute atomic E-state index is 0.297. The molecular weight excluding hydrogens is 250 g/mol. The summed E-state index contributed by atoms with van der Waals surface area (Å²) in [4.78, 5) is 11.5. The number of aliphatic carboxylic acids is 1. The van der Waals surface area contributed by atoms with Gasteiger partial charge in [-0.3, -0.25) is 4.79 Å². The fraction of sp³-hybridized carbons (Fsp3) is 0.176. The van der Waals surface area contributed by atoms with Crippen LogP contribution >= 0.6 is 0 Å². The number of hydrogen-bond acceptors (Lipinski definition) is 2. The van der Waals surface area contributed by atoms with Crippen molar-refractivity contribution in [1.29, 1.82) is 5.26 Å². The Bertz CT molecular complexity index is 629. The van der Waals surface area contributed by atoms with Crippen LogP contribution in [-0.2, 0) is 17.6 Å². The molecule has 0 aliphatic rings. The van der Waals surface area contributed by atoms with E-state index in [4.69, 9.17) is 5.26 Å². The van der Waals surface area contributed by atoms with Crippen LogP contribution in [0.25, 0.3) is 0 Å². The topological polar surface area (TPSA) is 61.1 Å². The number of hydrogen-bond donors (Lipinski definition) is 1. The molecule has 0 saturated heterocycles. The van der Waals surface area contributed by atoms with E-state index in [1.54, 1.807) is 0 Å². The maximum atomic E-state index is 11.5. The summed E-state index contributed by atoms with van der Waals surface area (Å²) in [5.74, 6) is -1.43. The number of rotatable bonds is 5. The van der Waals surface area contributed by atoms with Gasteiger partial charge in [-0.15, -0.1) is 0 Å². The summed E-state index contributed by atoms with van der Waals surface area (Å²) in [6.07, 6.45) is 0.748. The first kappa shape index (κ1) is 13.8. The zero-order chi connectivity index (χ0) is 14.4. The molecule has 0 bridgehead atoms. The van der Waals surface area contributed by atoms with Crippen LogP contribution < -0.4 is 0 Å². The Kier molecular flexibility index (Phi) is 4.52. The van der Waals surface area contributed by atoms with E-state index < -0.39 is 11.9 Å². The maximum absolute atomic E-state index is 11.5. The van der Waals surface area contributed by atoms with Crippen molar-refractivity contribution in [3.8, 4) is 6.07 Å². The van der Waals surface area contributed by atoms with Crippen LogP contribution in [-0.4, -0.2) is 11.1 Å². The van der Waals surface area contributed by atoms with Gasteiger partial charge in [0.15, 0.2) is 0 Å². The average Bonchev–Trinajstić information content (AvgIpc) is 2.46. The molecule has 0 aliphatic carbocycles. The molecule has 2 aromatic carbocycles. The predicted octanol–water partition coefficient (Wildman–Crippen LogP) is 3.16. The van der Waals surface area contributed by atoms with Crippen LogP contribution in [0.3, 0.4) is 0 Å². The standard InChI is InChI=1S/C17H15NO2/c18-10-9-14-7-4-8-15(11-14)16(17(19)20)12-13-5-2-1-3-6-13/h1-8,11,16H,9,12H2,(H,19,20). The van der Waals surface area contributed by atoms with Crippen LogP contribution in [0.4, 0.5) is 0 Å². The first-order valence-electron chi connectivity index (χ1n) is 6.43. The van der Waals surface area contributed by atoms with Gasteiger partial charge >= 0.3 is 5.97 Å². The van der Waals surface area contributed by atoms with Gasteiger partial charge in [-0.1, -0.05) is 54.6 Å². The lowest BCUT2D eigenvalue weighted by Gasteiger charge is -2.13. The quantitative estimate of drug-likeness (QED) is 0.903. The first-order valence-corrected chi connectivity index (χ1v) is 6.43. The zero-order valence-electron chi connectivity index (χ0n) is 11.0. The molecule has 0 aliphatic heterocycles. The van der Waals surface area contributed by atoms with Crippen molar-refractivity contribution >= 4 is 5.97 Å². The van der Waals surface area contributed by atoms with E-state index in [1.807, 2.05) is 54.6 Å². The fourth-order valence-electron chi connectivity index (χ4n) is 2.21. The summed E-state index contributed by atoms with van der Waals surface area (Å²) >= 11 is 0. The molecule has 0 amide bonds. The number of carboxylic acid groups (broad SMARTS) is 1. The van der Waals surface area contributed by atoms with Crippen molar-refractivity contribution in [2.75, 3.05) is 0 Å². The van der Waals surface area contributed by atoms with E-state index >= 15 is 0 Å². The molecular formula is C17H15NO2. The summed E-state index contributed by atoms with van der Waals surface area (Å²) in [6, 6.07) is 18.9. The summed E-state index contributed by atoms with van der Waals surface area (Å²) in [7, 11) is 0. The lowest BCUT2D eigenvalue weighted by molar-refractivity contribution is -0.138. The second-order valence-corrected chi connectivity index (χ2v) is 4.66. The molecule has 0 heterocycles. The van der Waals surface area contributed by atoms with E-state index in [0.717, 1.165) is 16.7 Å². The Balaban J connectivity index is 2.27. The van der Waals surface area contributed by atoms with Crippen LogP contribution in [0.1, 0.15) is 22.6 Å². The average molecular weight is 265 g/mol. The van der Waals surface area contributed by atoms with Crippen molar-refractivity contribution in [2.45, 2.75) is 18.8 Å². The van der Waals surface area contributed by atoms with Crippen LogP contribution in [0.15, 0.2) is 54.6 Å². The maximum Gasteiger partial charge on any atom is 0.311 e. The summed E-state index contributed by atoms with van der Waals surface area (Å²) < 4.78 is 0. The SMILES string of the molecule is N#CCc1cccc(C(Cc2ccccc2)C(=O)O)c1. The van der Waals surface area contributed by atoms with E-state index in [1.165, 1.54) is 0 Å². The van der Waals surface area contributed by atoms with Crippen LogP contribution in [0, 0.1) is 11.3 Å². The van der Waals surface area contributed by atoms with Crippen molar-refractivity contribution in [2.24, 2.45) is 0 Å². The predicted molar refractivity (Wildman–Crippen MR) is 76.3 cm³/mol. The Labute approximate surface area is 118 Å². The zero-order valence-corrected chi connectivity index (χ0v) is 11.0. The summed E-state index contributed by atoms with van der Waals surface area (Å²) in [5, 5.41) is 18.2. The molecule has 0 radical (unpaired) electrons. The van der Waals surface area contributed by atoms with Gasteiger partial charge in [0.05, 0.1) is 18.4 Å². The third-order valence-electron chi connectivity index (χ3n) is 3.22. The highest BCUT2D eigenvalue weighted by atomic mass is 16.4. The molecule has 2 aromatic rings. The highest BCUT2D eigenvalue weighted by molar-refractivity contribution is 5.76. The molecule has 0 aromatic heterocycles. The molecule has 1 atom stereocenters. The lowest BCUT2D eigenvalue weighted by Crippen LogP contribution is -2.14. The molecule has 20 heavy (non-hydrogen) atoms. The Morgan fingerprint density at radius 1 is 1.10 bits per heavy atom. The normalized spacial score (nSPS) is 11.6. The summed E-state index contributed by atoms with van der Waals surface area (Å²) in [6.45, 7) is 0. The monoisotopic (exact) mass is 265 g/mol. The van der Waals surface area contributed by atoms with E-state index in [0.29, 0.717) is 12.8 Å². The van der Waals surface area contributed by atoms with Gasteiger partial charge in [0, 0.05) is 0 Å². The van der Waals surface area contributed by atoms with Crippen LogP contribution in [0.5, 0.6) is 0 Å². The van der Waals surface area contributed by atoms with Crippen molar-refractivity contribution in [1.82, 2.24) is 0 Å². The molecule has 100 valence electrons. The lowest BCUT2D eigenvalue weighted by atomic mass is 9.91. The van der Waals surface area contributed by atoms with Gasteiger partial charge < -0.3 is 5.11 Å². The molecule has 2 rings (SSSR count). The number of carbonyl (C=O) groups is 1. The molecule has 1 unspecified atom stereocenters. The minimum atomic E-state index is -0.844. The minimum Gasteiger partial charge on any atom is -0.481 e. The van der Waals surface area contributed by atoms with Gasteiger partial charge in [-0.05, 0) is 23.1 Å². The van der Waals surface area contributed by atoms with Gasteiger partial charge in [-0.25, -0.2) is 0 Å². The molecule has 0 fully saturated rings. The smallest absolute Gasteiger partial charge is 0.311 e. The van der Waals surface area contributed by atoms with Gasteiger partial charge in [0.2, 0.25) is 0 Å². The highest BCUT2D eigenvalue weighted by Crippen LogP contribution is 2.22. The van der Waals surface area contributed by atoms with Gasteiger partial charge in [0.25, 0.3) is 0 Å². The largest absolute Gasteiger partial charge is 0.481 e. The first-order chi connectivity index (χ1) is 9.70. The van der Waals surface area contributed by atoms with Crippen LogP contribution in [0.2, 0.25) is 0 Å². The molecule has 3 nitrogen and oxygen atoms in total. The number of nitrogens with zero attached hydrogens (tertiary/aromatic N) is 1.